The van der Waals surface area contributed by atoms with Gasteiger partial charge in [0.15, 0.2) is 6.33 Å². The van der Waals surface area contributed by atoms with Crippen LogP contribution in [-0.4, -0.2) is 35.2 Å². The maximum Gasteiger partial charge on any atom is 0.236 e. The van der Waals surface area contributed by atoms with Crippen molar-refractivity contribution in [3.63, 3.8) is 0 Å². The van der Waals surface area contributed by atoms with Crippen molar-refractivity contribution in [1.29, 1.82) is 0 Å². The Morgan fingerprint density at radius 1 is 1.53 bits per heavy atom. The third-order valence-electron chi connectivity index (χ3n) is 2.42. The molecule has 0 spiro atoms. The van der Waals surface area contributed by atoms with E-state index in [1.807, 2.05) is 6.92 Å². The second-order valence-corrected chi connectivity index (χ2v) is 3.91. The van der Waals surface area contributed by atoms with Gasteiger partial charge in [-0.05, 0) is 13.3 Å². The van der Waals surface area contributed by atoms with Gasteiger partial charge < -0.3 is 15.2 Å². The van der Waals surface area contributed by atoms with Crippen LogP contribution in [0, 0.1) is 0 Å². The molecule has 6 heteroatoms. The molecule has 1 heterocycles. The maximum absolute atomic E-state index is 11.6. The molecular weight excluding hydrogens is 220 g/mol. The molecule has 0 saturated heterocycles. The van der Waals surface area contributed by atoms with Gasteiger partial charge in [-0.3, -0.25) is 4.79 Å². The molecule has 1 aromatic rings. The Bertz CT molecular complexity index is 313. The van der Waals surface area contributed by atoms with Crippen molar-refractivity contribution < 1.29 is 9.32 Å². The number of nitrogens with one attached hydrogen (secondary N) is 2. The third kappa shape index (κ3) is 5.44. The van der Waals surface area contributed by atoms with Crippen LogP contribution >= 0.6 is 0 Å². The lowest BCUT2D eigenvalue weighted by atomic mass is 10.2. The summed E-state index contributed by atoms with van der Waals surface area (Å²) in [5.74, 6) is 0.611. The van der Waals surface area contributed by atoms with Gasteiger partial charge >= 0.3 is 0 Å². The Morgan fingerprint density at radius 2 is 2.35 bits per heavy atom. The highest BCUT2D eigenvalue weighted by Crippen LogP contribution is 1.92. The van der Waals surface area contributed by atoms with Crippen LogP contribution in [0.1, 0.15) is 32.6 Å². The van der Waals surface area contributed by atoms with Crippen LogP contribution in [0.3, 0.4) is 0 Å². The minimum atomic E-state index is -0.199. The number of hydrogen-bond acceptors (Lipinski definition) is 5. The zero-order valence-electron chi connectivity index (χ0n) is 10.4. The molecule has 1 rings (SSSR count). The SMILES string of the molecule is CCCCNC(=O)C(C)NCCc1ncno1. The van der Waals surface area contributed by atoms with Crippen LogP contribution in [0.5, 0.6) is 0 Å². The molecule has 1 atom stereocenters. The van der Waals surface area contributed by atoms with Crippen molar-refractivity contribution in [2.24, 2.45) is 0 Å². The predicted molar refractivity (Wildman–Crippen MR) is 63.4 cm³/mol. The molecule has 0 aliphatic rings. The van der Waals surface area contributed by atoms with E-state index in [2.05, 4.69) is 27.7 Å². The Labute approximate surface area is 101 Å². The Kier molecular flexibility index (Phi) is 6.24. The fourth-order valence-electron chi connectivity index (χ4n) is 1.34. The first-order valence-corrected chi connectivity index (χ1v) is 6.00. The Balaban J connectivity index is 2.11. The summed E-state index contributed by atoms with van der Waals surface area (Å²) in [4.78, 5) is 15.5. The molecular formula is C11H20N4O2. The van der Waals surface area contributed by atoms with Crippen molar-refractivity contribution in [2.75, 3.05) is 13.1 Å². The number of nitrogens with zero attached hydrogens (tertiary/aromatic N) is 2. The van der Waals surface area contributed by atoms with Crippen molar-refractivity contribution >= 4 is 5.91 Å². The molecule has 0 aliphatic carbocycles. The fourth-order valence-corrected chi connectivity index (χ4v) is 1.34. The van der Waals surface area contributed by atoms with Crippen molar-refractivity contribution in [2.45, 2.75) is 39.2 Å². The van der Waals surface area contributed by atoms with Crippen LogP contribution < -0.4 is 10.6 Å². The van der Waals surface area contributed by atoms with Crippen molar-refractivity contribution in [3.05, 3.63) is 12.2 Å². The van der Waals surface area contributed by atoms with Crippen LogP contribution in [0.25, 0.3) is 0 Å². The first-order valence-electron chi connectivity index (χ1n) is 6.00. The lowest BCUT2D eigenvalue weighted by Gasteiger charge is -2.13. The highest BCUT2D eigenvalue weighted by Gasteiger charge is 2.11. The van der Waals surface area contributed by atoms with E-state index in [1.54, 1.807) is 0 Å². The molecule has 0 fully saturated rings. The van der Waals surface area contributed by atoms with E-state index in [9.17, 15) is 4.79 Å². The highest BCUT2D eigenvalue weighted by atomic mass is 16.5. The normalized spacial score (nSPS) is 12.4. The number of amides is 1. The second kappa shape index (κ2) is 7.78. The average molecular weight is 240 g/mol. The lowest BCUT2D eigenvalue weighted by molar-refractivity contribution is -0.122. The summed E-state index contributed by atoms with van der Waals surface area (Å²) in [5.41, 5.74) is 0. The summed E-state index contributed by atoms with van der Waals surface area (Å²) < 4.78 is 4.85. The van der Waals surface area contributed by atoms with E-state index < -0.39 is 0 Å². The maximum atomic E-state index is 11.6. The minimum Gasteiger partial charge on any atom is -0.355 e. The average Bonchev–Trinajstić information content (AvgIpc) is 2.82. The van der Waals surface area contributed by atoms with Gasteiger partial charge in [-0.1, -0.05) is 18.5 Å². The van der Waals surface area contributed by atoms with Gasteiger partial charge in [0.05, 0.1) is 6.04 Å². The molecule has 0 bridgehead atoms. The van der Waals surface area contributed by atoms with Crippen molar-refractivity contribution in [3.8, 4) is 0 Å². The summed E-state index contributed by atoms with van der Waals surface area (Å²) in [6.45, 7) is 5.32. The van der Waals surface area contributed by atoms with Crippen LogP contribution in [0.2, 0.25) is 0 Å². The van der Waals surface area contributed by atoms with Gasteiger partial charge in [-0.2, -0.15) is 4.98 Å². The largest absolute Gasteiger partial charge is 0.355 e. The van der Waals surface area contributed by atoms with E-state index in [-0.39, 0.29) is 11.9 Å². The molecule has 17 heavy (non-hydrogen) atoms. The highest BCUT2D eigenvalue weighted by molar-refractivity contribution is 5.81. The number of carbonyl (C=O) groups is 1. The second-order valence-electron chi connectivity index (χ2n) is 3.91. The van der Waals surface area contributed by atoms with Gasteiger partial charge in [0.2, 0.25) is 11.8 Å². The predicted octanol–water partition coefficient (Wildman–Crippen LogP) is 0.506. The number of hydrogen-bond donors (Lipinski definition) is 2. The van der Waals surface area contributed by atoms with E-state index >= 15 is 0 Å². The first-order chi connectivity index (χ1) is 8.24. The van der Waals surface area contributed by atoms with E-state index in [4.69, 9.17) is 4.52 Å². The zero-order valence-corrected chi connectivity index (χ0v) is 10.4. The number of unbranched alkanes of at least 4 members (excludes halogenated alkanes) is 1. The van der Waals surface area contributed by atoms with Crippen molar-refractivity contribution in [1.82, 2.24) is 20.8 Å². The summed E-state index contributed by atoms with van der Waals surface area (Å²) in [6.07, 6.45) is 4.10. The van der Waals surface area contributed by atoms with E-state index in [0.717, 1.165) is 19.4 Å². The smallest absolute Gasteiger partial charge is 0.236 e. The summed E-state index contributed by atoms with van der Waals surface area (Å²) >= 11 is 0. The van der Waals surface area contributed by atoms with Crippen LogP contribution in [0.15, 0.2) is 10.9 Å². The number of rotatable bonds is 8. The molecule has 6 nitrogen and oxygen atoms in total. The molecule has 0 aliphatic heterocycles. The van der Waals surface area contributed by atoms with Crippen LogP contribution in [-0.2, 0) is 11.2 Å². The third-order valence-corrected chi connectivity index (χ3v) is 2.42. The molecule has 1 amide bonds. The van der Waals surface area contributed by atoms with Gasteiger partial charge in [-0.15, -0.1) is 0 Å². The van der Waals surface area contributed by atoms with E-state index in [1.165, 1.54) is 6.33 Å². The molecule has 0 radical (unpaired) electrons. The van der Waals surface area contributed by atoms with Crippen LogP contribution in [0.4, 0.5) is 0 Å². The monoisotopic (exact) mass is 240 g/mol. The lowest BCUT2D eigenvalue weighted by Crippen LogP contribution is -2.43. The van der Waals surface area contributed by atoms with Gasteiger partial charge in [0.25, 0.3) is 0 Å². The molecule has 1 aromatic heterocycles. The molecule has 0 aromatic carbocycles. The molecule has 1 unspecified atom stereocenters. The standard InChI is InChI=1S/C11H20N4O2/c1-3-4-6-13-11(16)9(2)12-7-5-10-14-8-15-17-10/h8-9,12H,3-7H2,1-2H3,(H,13,16). The van der Waals surface area contributed by atoms with Gasteiger partial charge in [-0.25, -0.2) is 0 Å². The summed E-state index contributed by atoms with van der Waals surface area (Å²) in [5, 5.41) is 9.49. The summed E-state index contributed by atoms with van der Waals surface area (Å²) in [6, 6.07) is -0.199. The van der Waals surface area contributed by atoms with Gasteiger partial charge in [0.1, 0.15) is 0 Å². The quantitative estimate of drug-likeness (QED) is 0.647. The first kappa shape index (κ1) is 13.6. The summed E-state index contributed by atoms with van der Waals surface area (Å²) in [7, 11) is 0. The Hall–Kier alpha value is -1.43. The van der Waals surface area contributed by atoms with E-state index in [0.29, 0.717) is 18.9 Å². The number of aromatic nitrogens is 2. The molecule has 96 valence electrons. The Morgan fingerprint density at radius 3 is 3.00 bits per heavy atom. The zero-order chi connectivity index (χ0) is 12.5. The topological polar surface area (TPSA) is 80.0 Å². The fraction of sp³-hybridized carbons (Fsp3) is 0.727. The molecule has 2 N–H and O–H groups in total. The minimum absolute atomic E-state index is 0.0315. The molecule has 0 saturated carbocycles. The van der Waals surface area contributed by atoms with Gasteiger partial charge in [0, 0.05) is 19.5 Å². The number of carbonyl (C=O) groups excluding carboxylic acids is 1.